The Morgan fingerprint density at radius 2 is 1.97 bits per heavy atom. The molecule has 0 unspecified atom stereocenters. The van der Waals surface area contributed by atoms with E-state index in [1.807, 2.05) is 19.1 Å². The maximum atomic E-state index is 14.7. The Bertz CT molecular complexity index is 1150. The third-order valence-electron chi connectivity index (χ3n) is 6.21. The number of aliphatic hydroxyl groups is 1. The Morgan fingerprint density at radius 3 is 2.63 bits per heavy atom. The first-order valence-electron chi connectivity index (χ1n) is 11.4. The summed E-state index contributed by atoms with van der Waals surface area (Å²) < 4.78 is 29.7. The van der Waals surface area contributed by atoms with Gasteiger partial charge in [0.2, 0.25) is 5.91 Å². The van der Waals surface area contributed by atoms with E-state index in [2.05, 4.69) is 15.1 Å². The van der Waals surface area contributed by atoms with E-state index >= 15 is 0 Å². The van der Waals surface area contributed by atoms with Crippen molar-refractivity contribution in [2.45, 2.75) is 42.4 Å². The van der Waals surface area contributed by atoms with Gasteiger partial charge < -0.3 is 10.0 Å². The summed E-state index contributed by atoms with van der Waals surface area (Å²) >= 11 is 1.55. The lowest BCUT2D eigenvalue weighted by molar-refractivity contribution is -0.126. The molecule has 1 saturated heterocycles. The number of piperidine rings is 1. The molecule has 1 aliphatic heterocycles. The number of likely N-dealkylation sites (tertiary alicyclic amines) is 1. The van der Waals surface area contributed by atoms with E-state index < -0.39 is 22.5 Å². The van der Waals surface area contributed by atoms with Crippen LogP contribution in [-0.2, 0) is 16.9 Å². The zero-order chi connectivity index (χ0) is 24.8. The molecule has 0 radical (unpaired) electrons. The van der Waals surface area contributed by atoms with Crippen LogP contribution in [0.15, 0.2) is 61.5 Å². The van der Waals surface area contributed by atoms with Gasteiger partial charge in [-0.2, -0.15) is 16.9 Å². The number of pyridine rings is 1. The van der Waals surface area contributed by atoms with Crippen LogP contribution in [0.2, 0.25) is 0 Å². The van der Waals surface area contributed by atoms with Crippen LogP contribution in [0.5, 0.6) is 0 Å². The number of carbonyl (C=O) groups excluding carboxylic acids is 1. The molecule has 184 valence electrons. The molecule has 35 heavy (non-hydrogen) atoms. The van der Waals surface area contributed by atoms with Crippen LogP contribution in [0.3, 0.4) is 0 Å². The maximum Gasteiger partial charge on any atom is 0.246 e. The second-order valence-corrected chi connectivity index (χ2v) is 10.2. The van der Waals surface area contributed by atoms with Crippen molar-refractivity contribution in [2.75, 3.05) is 13.1 Å². The topological polar surface area (TPSA) is 84.1 Å². The van der Waals surface area contributed by atoms with Crippen molar-refractivity contribution < 1.29 is 18.7 Å². The van der Waals surface area contributed by atoms with Crippen LogP contribution in [0.1, 0.15) is 30.9 Å². The fourth-order valence-electron chi connectivity index (χ4n) is 4.20. The smallest absolute Gasteiger partial charge is 0.246 e. The van der Waals surface area contributed by atoms with Crippen molar-refractivity contribution in [3.05, 3.63) is 84.2 Å². The predicted octanol–water partition coefficient (Wildman–Crippen LogP) is 3.67. The van der Waals surface area contributed by atoms with Gasteiger partial charge in [0, 0.05) is 53.7 Å². The number of thioether (sulfide) groups is 1. The van der Waals surface area contributed by atoms with E-state index in [4.69, 9.17) is 0 Å². The van der Waals surface area contributed by atoms with E-state index in [0.29, 0.717) is 13.1 Å². The maximum absolute atomic E-state index is 14.7. The molecule has 1 fully saturated rings. The van der Waals surface area contributed by atoms with Gasteiger partial charge in [-0.25, -0.2) is 18.4 Å². The Labute approximate surface area is 206 Å². The molecule has 0 aliphatic carbocycles. The highest BCUT2D eigenvalue weighted by Gasteiger charge is 2.41. The third-order valence-corrected chi connectivity index (χ3v) is 7.87. The first-order chi connectivity index (χ1) is 16.8. The molecule has 7 nitrogen and oxygen atoms in total. The van der Waals surface area contributed by atoms with Crippen molar-refractivity contribution in [1.82, 2.24) is 24.6 Å². The van der Waals surface area contributed by atoms with Gasteiger partial charge in [0.15, 0.2) is 0 Å². The first-order valence-corrected chi connectivity index (χ1v) is 12.3. The average molecular weight is 500 g/mol. The van der Waals surface area contributed by atoms with Crippen molar-refractivity contribution in [2.24, 2.45) is 0 Å². The highest BCUT2D eigenvalue weighted by molar-refractivity contribution is 8.00. The lowest BCUT2D eigenvalue weighted by Gasteiger charge is -2.38. The molecule has 3 aromatic rings. The fraction of sp³-hybridized carbons (Fsp3) is 0.360. The number of hydrogen-bond donors (Lipinski definition) is 1. The van der Waals surface area contributed by atoms with Crippen molar-refractivity contribution in [1.29, 1.82) is 0 Å². The third kappa shape index (κ3) is 6.12. The summed E-state index contributed by atoms with van der Waals surface area (Å²) in [5.74, 6) is -1.56. The number of nitrogens with zero attached hydrogens (tertiary/aromatic N) is 5. The standard InChI is InChI=1S/C25H27F2N5O2S/c1-18(25(34,15-32-17-29-16-30-32)22-4-3-20(26)14-23(22)27)35-21-8-12-31(13-9-21)24(33)5-2-19-6-10-28-11-7-19/h2-7,10-11,14,16-18,21,34H,8-9,12-13,15H2,1H3/t18-,25-/m1/s1. The first kappa shape index (κ1) is 25.0. The lowest BCUT2D eigenvalue weighted by Crippen LogP contribution is -2.44. The van der Waals surface area contributed by atoms with Crippen LogP contribution in [0.4, 0.5) is 8.78 Å². The molecule has 0 spiro atoms. The minimum atomic E-state index is -1.64. The molecule has 2 atom stereocenters. The van der Waals surface area contributed by atoms with E-state index in [0.717, 1.165) is 30.5 Å². The Kier molecular flexibility index (Phi) is 7.92. The van der Waals surface area contributed by atoms with E-state index in [1.54, 1.807) is 41.2 Å². The molecule has 1 amide bonds. The van der Waals surface area contributed by atoms with E-state index in [-0.39, 0.29) is 23.3 Å². The number of halogens is 2. The molecule has 1 N–H and O–H groups in total. The molecular formula is C25H27F2N5O2S. The minimum absolute atomic E-state index is 0.0169. The molecule has 4 rings (SSSR count). The second-order valence-electron chi connectivity index (χ2n) is 8.56. The number of carbonyl (C=O) groups is 1. The Morgan fingerprint density at radius 1 is 1.23 bits per heavy atom. The summed E-state index contributed by atoms with van der Waals surface area (Å²) in [7, 11) is 0. The van der Waals surface area contributed by atoms with Crippen LogP contribution >= 0.6 is 11.8 Å². The van der Waals surface area contributed by atoms with Gasteiger partial charge in [0.1, 0.15) is 29.9 Å². The quantitative estimate of drug-likeness (QED) is 0.476. The van der Waals surface area contributed by atoms with Gasteiger partial charge in [-0.3, -0.25) is 9.78 Å². The van der Waals surface area contributed by atoms with Gasteiger partial charge in [0.25, 0.3) is 0 Å². The van der Waals surface area contributed by atoms with E-state index in [9.17, 15) is 18.7 Å². The summed E-state index contributed by atoms with van der Waals surface area (Å²) in [6, 6.07) is 6.88. The predicted molar refractivity (Wildman–Crippen MR) is 130 cm³/mol. The monoisotopic (exact) mass is 499 g/mol. The number of rotatable bonds is 8. The molecule has 3 heterocycles. The second kappa shape index (κ2) is 11.1. The van der Waals surface area contributed by atoms with Gasteiger partial charge in [0.05, 0.1) is 6.54 Å². The summed E-state index contributed by atoms with van der Waals surface area (Å²) in [6.45, 7) is 2.99. The Hall–Kier alpha value is -3.11. The zero-order valence-corrected chi connectivity index (χ0v) is 20.1. The summed E-state index contributed by atoms with van der Waals surface area (Å²) in [5.41, 5.74) is -0.716. The van der Waals surface area contributed by atoms with Crippen molar-refractivity contribution in [3.8, 4) is 0 Å². The molecule has 0 saturated carbocycles. The largest absolute Gasteiger partial charge is 0.382 e. The zero-order valence-electron chi connectivity index (χ0n) is 19.3. The molecule has 1 aliphatic rings. The fourth-order valence-corrected chi connectivity index (χ4v) is 5.68. The Balaban J connectivity index is 1.41. The number of hydrogen-bond acceptors (Lipinski definition) is 6. The molecule has 2 aromatic heterocycles. The lowest BCUT2D eigenvalue weighted by atomic mass is 9.90. The van der Waals surface area contributed by atoms with Crippen LogP contribution < -0.4 is 0 Å². The van der Waals surface area contributed by atoms with Gasteiger partial charge in [-0.15, -0.1) is 0 Å². The van der Waals surface area contributed by atoms with Crippen molar-refractivity contribution in [3.63, 3.8) is 0 Å². The van der Waals surface area contributed by atoms with Gasteiger partial charge in [-0.05, 0) is 42.7 Å². The minimum Gasteiger partial charge on any atom is -0.382 e. The summed E-state index contributed by atoms with van der Waals surface area (Å²) in [6.07, 6.45) is 11.0. The van der Waals surface area contributed by atoms with Crippen LogP contribution in [-0.4, -0.2) is 59.3 Å². The van der Waals surface area contributed by atoms with Gasteiger partial charge >= 0.3 is 0 Å². The number of amides is 1. The van der Waals surface area contributed by atoms with E-state index in [1.165, 1.54) is 23.4 Å². The summed E-state index contributed by atoms with van der Waals surface area (Å²) in [5, 5.41) is 15.5. The SMILES string of the molecule is C[C@@H](SC1CCN(C(=O)C=Cc2ccncc2)CC1)[C@](O)(Cn1cncn1)c1ccc(F)cc1F. The molecule has 10 heteroatoms. The average Bonchev–Trinajstić information content (AvgIpc) is 3.36. The molecule has 1 aromatic carbocycles. The number of aromatic nitrogens is 4. The normalized spacial score (nSPS) is 17.4. The molecular weight excluding hydrogens is 472 g/mol. The van der Waals surface area contributed by atoms with Gasteiger partial charge in [-0.1, -0.05) is 13.0 Å². The summed E-state index contributed by atoms with van der Waals surface area (Å²) in [4.78, 5) is 22.3. The number of benzene rings is 1. The highest BCUT2D eigenvalue weighted by atomic mass is 32.2. The van der Waals surface area contributed by atoms with Crippen molar-refractivity contribution >= 4 is 23.7 Å². The highest BCUT2D eigenvalue weighted by Crippen LogP contribution is 2.40. The van der Waals surface area contributed by atoms with Crippen LogP contribution in [0.25, 0.3) is 6.08 Å². The molecule has 0 bridgehead atoms. The van der Waals surface area contributed by atoms with Crippen LogP contribution in [0, 0.1) is 11.6 Å².